The molecule has 2 heterocycles. The summed E-state index contributed by atoms with van der Waals surface area (Å²) in [7, 11) is 3.10. The Bertz CT molecular complexity index is 1250. The molecular weight excluding hydrogens is 414 g/mol. The average Bonchev–Trinajstić information content (AvgIpc) is 2.79. The van der Waals surface area contributed by atoms with E-state index in [1.165, 1.54) is 7.11 Å². The third kappa shape index (κ3) is 3.71. The number of nitrogens with one attached hydrogen (secondary N) is 2. The molecule has 1 aromatic heterocycles. The molecule has 4 rings (SSSR count). The van der Waals surface area contributed by atoms with Crippen LogP contribution in [0.15, 0.2) is 46.0 Å². The molecule has 0 unspecified atom stereocenters. The van der Waals surface area contributed by atoms with Crippen molar-refractivity contribution in [2.75, 3.05) is 27.4 Å². The number of ether oxygens (including phenoxy) is 3. The summed E-state index contributed by atoms with van der Waals surface area (Å²) < 4.78 is 17.3. The van der Waals surface area contributed by atoms with E-state index in [1.54, 1.807) is 37.4 Å². The third-order valence-corrected chi connectivity index (χ3v) is 5.51. The lowest BCUT2D eigenvalue weighted by atomic mass is 9.90. The molecule has 0 fully saturated rings. The molecule has 1 atom stereocenters. The van der Waals surface area contributed by atoms with E-state index < -0.39 is 23.2 Å². The first-order valence-electron chi connectivity index (χ1n) is 10.3. The van der Waals surface area contributed by atoms with Gasteiger partial charge < -0.3 is 24.6 Å². The minimum absolute atomic E-state index is 0.0478. The lowest BCUT2D eigenvalue weighted by Gasteiger charge is -2.28. The molecule has 0 radical (unpaired) electrons. The van der Waals surface area contributed by atoms with E-state index in [-0.39, 0.29) is 5.56 Å². The number of nitrogens with zero attached hydrogens (tertiary/aromatic N) is 1. The molecular formula is C23H25N3O6. The molecule has 0 bridgehead atoms. The van der Waals surface area contributed by atoms with Gasteiger partial charge in [0.15, 0.2) is 11.5 Å². The maximum Gasteiger partial charge on any atom is 0.335 e. The Balaban J connectivity index is 1.87. The van der Waals surface area contributed by atoms with Crippen molar-refractivity contribution in [3.05, 3.63) is 73.9 Å². The summed E-state index contributed by atoms with van der Waals surface area (Å²) in [5, 5.41) is 14.4. The van der Waals surface area contributed by atoms with E-state index in [0.29, 0.717) is 42.5 Å². The first-order chi connectivity index (χ1) is 15.5. The molecule has 1 aliphatic rings. The summed E-state index contributed by atoms with van der Waals surface area (Å²) in [6.45, 7) is 2.96. The zero-order valence-corrected chi connectivity index (χ0v) is 18.1. The number of hydrogen-bond acceptors (Lipinski definition) is 7. The fourth-order valence-corrected chi connectivity index (χ4v) is 4.04. The Labute approximate surface area is 184 Å². The van der Waals surface area contributed by atoms with Crippen LogP contribution >= 0.6 is 0 Å². The Morgan fingerprint density at radius 1 is 1.09 bits per heavy atom. The fourth-order valence-electron chi connectivity index (χ4n) is 4.04. The lowest BCUT2D eigenvalue weighted by molar-refractivity contribution is 0.340. The highest BCUT2D eigenvalue weighted by molar-refractivity contribution is 5.53. The Morgan fingerprint density at radius 3 is 2.44 bits per heavy atom. The number of aromatic nitrogens is 2. The summed E-state index contributed by atoms with van der Waals surface area (Å²) in [6, 6.07) is 9.69. The molecule has 0 spiro atoms. The van der Waals surface area contributed by atoms with Crippen LogP contribution in [0.25, 0.3) is 5.69 Å². The normalized spacial score (nSPS) is 15.2. The van der Waals surface area contributed by atoms with Crippen LogP contribution in [0.2, 0.25) is 0 Å². The summed E-state index contributed by atoms with van der Waals surface area (Å²) >= 11 is 0. The van der Waals surface area contributed by atoms with E-state index in [0.717, 1.165) is 15.7 Å². The second-order valence-corrected chi connectivity index (χ2v) is 7.30. The van der Waals surface area contributed by atoms with Gasteiger partial charge in [0.05, 0.1) is 38.1 Å². The number of H-pyrrole nitrogens is 1. The van der Waals surface area contributed by atoms with Gasteiger partial charge in [0, 0.05) is 6.54 Å². The third-order valence-electron chi connectivity index (χ3n) is 5.51. The number of hydrogen-bond donors (Lipinski definition) is 3. The van der Waals surface area contributed by atoms with E-state index in [9.17, 15) is 14.7 Å². The number of rotatable bonds is 6. The number of aromatic hydroxyl groups is 1. The maximum absolute atomic E-state index is 12.8. The largest absolute Gasteiger partial charge is 0.494 e. The van der Waals surface area contributed by atoms with Gasteiger partial charge in [-0.1, -0.05) is 0 Å². The van der Waals surface area contributed by atoms with E-state index in [1.807, 2.05) is 13.0 Å². The van der Waals surface area contributed by atoms with Gasteiger partial charge in [-0.2, -0.15) is 0 Å². The van der Waals surface area contributed by atoms with Gasteiger partial charge in [-0.25, -0.2) is 9.36 Å². The van der Waals surface area contributed by atoms with Gasteiger partial charge >= 0.3 is 5.69 Å². The van der Waals surface area contributed by atoms with Crippen molar-refractivity contribution in [3.63, 3.8) is 0 Å². The Kier molecular flexibility index (Phi) is 5.91. The standard InChI is InChI=1S/C23H25N3O6/c1-4-32-15-7-5-14(6-8-15)26-22(28)19(21(27)25-23(26)29)20-16-12-18(31-3)17(30-2)11-13(16)9-10-24-20/h5-8,11-12,20,24,28H,4,9-10H2,1-3H3,(H,25,27,29)/t20-/m1/s1. The number of fused-ring (bicyclic) bond motifs is 1. The van der Waals surface area contributed by atoms with Crippen molar-refractivity contribution in [3.8, 4) is 28.8 Å². The van der Waals surface area contributed by atoms with Crippen LogP contribution in [0, 0.1) is 0 Å². The molecule has 0 aliphatic carbocycles. The molecule has 0 saturated carbocycles. The second kappa shape index (κ2) is 8.80. The predicted molar refractivity (Wildman–Crippen MR) is 119 cm³/mol. The Morgan fingerprint density at radius 2 is 1.78 bits per heavy atom. The van der Waals surface area contributed by atoms with Crippen LogP contribution in [0.3, 0.4) is 0 Å². The van der Waals surface area contributed by atoms with Gasteiger partial charge in [0.1, 0.15) is 5.75 Å². The summed E-state index contributed by atoms with van der Waals surface area (Å²) in [4.78, 5) is 27.8. The van der Waals surface area contributed by atoms with E-state index in [2.05, 4.69) is 10.3 Å². The summed E-state index contributed by atoms with van der Waals surface area (Å²) in [5.74, 6) is 1.31. The second-order valence-electron chi connectivity index (χ2n) is 7.30. The SMILES string of the molecule is CCOc1ccc(-n2c(O)c([C@@H]3NCCc4cc(OC)c(OC)cc43)c(=O)[nH]c2=O)cc1. The van der Waals surface area contributed by atoms with Crippen LogP contribution in [0.1, 0.15) is 29.7 Å². The van der Waals surface area contributed by atoms with E-state index >= 15 is 0 Å². The lowest BCUT2D eigenvalue weighted by Crippen LogP contribution is -2.38. The van der Waals surface area contributed by atoms with Crippen LogP contribution in [0.4, 0.5) is 0 Å². The maximum atomic E-state index is 12.8. The highest BCUT2D eigenvalue weighted by atomic mass is 16.5. The van der Waals surface area contributed by atoms with Crippen LogP contribution in [-0.4, -0.2) is 42.0 Å². The molecule has 2 aromatic carbocycles. The quantitative estimate of drug-likeness (QED) is 0.537. The smallest absolute Gasteiger partial charge is 0.335 e. The number of methoxy groups -OCH3 is 2. The number of aromatic amines is 1. The van der Waals surface area contributed by atoms with Crippen LogP contribution < -0.4 is 30.8 Å². The van der Waals surface area contributed by atoms with Gasteiger partial charge in [-0.3, -0.25) is 9.78 Å². The first-order valence-corrected chi connectivity index (χ1v) is 10.3. The van der Waals surface area contributed by atoms with Gasteiger partial charge in [-0.05, 0) is 60.9 Å². The average molecular weight is 439 g/mol. The van der Waals surface area contributed by atoms with Crippen LogP contribution in [-0.2, 0) is 6.42 Å². The molecule has 3 N–H and O–H groups in total. The first kappa shape index (κ1) is 21.5. The monoisotopic (exact) mass is 439 g/mol. The minimum Gasteiger partial charge on any atom is -0.494 e. The van der Waals surface area contributed by atoms with Crippen molar-refractivity contribution in [1.82, 2.24) is 14.9 Å². The minimum atomic E-state index is -0.733. The van der Waals surface area contributed by atoms with Crippen molar-refractivity contribution in [1.29, 1.82) is 0 Å². The van der Waals surface area contributed by atoms with Crippen molar-refractivity contribution in [2.45, 2.75) is 19.4 Å². The molecule has 0 saturated heterocycles. The van der Waals surface area contributed by atoms with Gasteiger partial charge in [0.2, 0.25) is 5.88 Å². The molecule has 9 nitrogen and oxygen atoms in total. The Hall–Kier alpha value is -3.72. The summed E-state index contributed by atoms with van der Waals surface area (Å²) in [5.41, 5.74) is 0.789. The molecule has 1 aliphatic heterocycles. The highest BCUT2D eigenvalue weighted by Crippen LogP contribution is 2.38. The fraction of sp³-hybridized carbons (Fsp3) is 0.304. The highest BCUT2D eigenvalue weighted by Gasteiger charge is 2.30. The predicted octanol–water partition coefficient (Wildman–Crippen LogP) is 1.88. The zero-order chi connectivity index (χ0) is 22.8. The molecule has 32 heavy (non-hydrogen) atoms. The van der Waals surface area contributed by atoms with Crippen molar-refractivity contribution < 1.29 is 19.3 Å². The number of benzene rings is 2. The topological polar surface area (TPSA) is 115 Å². The van der Waals surface area contributed by atoms with Crippen LogP contribution in [0.5, 0.6) is 23.1 Å². The van der Waals surface area contributed by atoms with Crippen molar-refractivity contribution in [2.24, 2.45) is 0 Å². The van der Waals surface area contributed by atoms with Gasteiger partial charge in [-0.15, -0.1) is 0 Å². The van der Waals surface area contributed by atoms with Crippen molar-refractivity contribution >= 4 is 0 Å². The molecule has 3 aromatic rings. The summed E-state index contributed by atoms with van der Waals surface area (Å²) in [6.07, 6.45) is 0.712. The van der Waals surface area contributed by atoms with Gasteiger partial charge in [0.25, 0.3) is 5.56 Å². The zero-order valence-electron chi connectivity index (χ0n) is 18.1. The molecule has 168 valence electrons. The molecule has 0 amide bonds. The molecule has 9 heteroatoms. The van der Waals surface area contributed by atoms with E-state index in [4.69, 9.17) is 14.2 Å².